The highest BCUT2D eigenvalue weighted by molar-refractivity contribution is 8.00. The van der Waals surface area contributed by atoms with E-state index in [1.54, 1.807) is 0 Å². The van der Waals surface area contributed by atoms with Crippen LogP contribution in [0.15, 0.2) is 18.2 Å². The second kappa shape index (κ2) is 6.89. The molecular formula is C11H11F5N2OS. The zero-order chi connectivity index (χ0) is 15.3. The van der Waals surface area contributed by atoms with Crippen LogP contribution in [-0.2, 0) is 4.79 Å². The maximum absolute atomic E-state index is 13.2. The van der Waals surface area contributed by atoms with Gasteiger partial charge < -0.3 is 11.1 Å². The van der Waals surface area contributed by atoms with Gasteiger partial charge in [-0.1, -0.05) is 11.8 Å². The lowest BCUT2D eigenvalue weighted by atomic mass is 10.2. The molecule has 1 atom stereocenters. The molecular weight excluding hydrogens is 303 g/mol. The summed E-state index contributed by atoms with van der Waals surface area (Å²) in [5.74, 6) is -2.90. The second-order valence-corrected chi connectivity index (χ2v) is 4.96. The average molecular weight is 314 g/mol. The number of thioether (sulfide) groups is 1. The summed E-state index contributed by atoms with van der Waals surface area (Å²) in [6.45, 7) is 0. The Kier molecular flexibility index (Phi) is 5.75. The van der Waals surface area contributed by atoms with E-state index in [4.69, 9.17) is 5.73 Å². The maximum atomic E-state index is 13.2. The number of nitrogens with two attached hydrogens (primary N) is 1. The summed E-state index contributed by atoms with van der Waals surface area (Å²) in [4.78, 5) is 11.5. The molecule has 0 saturated carbocycles. The molecule has 0 spiro atoms. The Balaban J connectivity index is 2.51. The third kappa shape index (κ3) is 5.74. The van der Waals surface area contributed by atoms with Crippen molar-refractivity contribution in [3.05, 3.63) is 29.8 Å². The molecule has 20 heavy (non-hydrogen) atoms. The predicted molar refractivity (Wildman–Crippen MR) is 66.1 cm³/mol. The van der Waals surface area contributed by atoms with Crippen LogP contribution in [0.2, 0.25) is 0 Å². The zero-order valence-electron chi connectivity index (χ0n) is 10.0. The first kappa shape index (κ1) is 16.7. The molecule has 1 amide bonds. The van der Waals surface area contributed by atoms with E-state index >= 15 is 0 Å². The van der Waals surface area contributed by atoms with Crippen molar-refractivity contribution in [3.63, 3.8) is 0 Å². The Morgan fingerprint density at radius 2 is 2.00 bits per heavy atom. The molecule has 9 heteroatoms. The lowest BCUT2D eigenvalue weighted by Gasteiger charge is -2.13. The van der Waals surface area contributed by atoms with E-state index < -0.39 is 40.5 Å². The van der Waals surface area contributed by atoms with Gasteiger partial charge in [0.1, 0.15) is 11.6 Å². The molecule has 1 rings (SSSR count). The average Bonchev–Trinajstić information content (AvgIpc) is 2.32. The van der Waals surface area contributed by atoms with E-state index in [1.165, 1.54) is 0 Å². The van der Waals surface area contributed by atoms with Crippen LogP contribution in [0, 0.1) is 11.6 Å². The van der Waals surface area contributed by atoms with Gasteiger partial charge in [0.05, 0.1) is 11.7 Å². The lowest BCUT2D eigenvalue weighted by molar-refractivity contribution is -0.117. The summed E-state index contributed by atoms with van der Waals surface area (Å²) in [6, 6.07) is 1.19. The van der Waals surface area contributed by atoms with Gasteiger partial charge in [0.15, 0.2) is 0 Å². The molecule has 0 heterocycles. The van der Waals surface area contributed by atoms with Gasteiger partial charge >= 0.3 is 5.51 Å². The molecule has 0 saturated heterocycles. The van der Waals surface area contributed by atoms with E-state index in [0.29, 0.717) is 0 Å². The molecule has 0 radical (unpaired) electrons. The summed E-state index contributed by atoms with van der Waals surface area (Å²) in [5.41, 5.74) is 0.567. The minimum Gasteiger partial charge on any atom is -0.322 e. The lowest BCUT2D eigenvalue weighted by Crippen LogP contribution is -2.36. The molecule has 1 aromatic rings. The predicted octanol–water partition coefficient (Wildman–Crippen LogP) is 2.87. The molecule has 0 aliphatic rings. The van der Waals surface area contributed by atoms with Gasteiger partial charge in [-0.25, -0.2) is 8.78 Å². The number of carbonyl (C=O) groups is 1. The van der Waals surface area contributed by atoms with Gasteiger partial charge in [-0.3, -0.25) is 4.79 Å². The number of benzene rings is 1. The zero-order valence-corrected chi connectivity index (χ0v) is 10.8. The van der Waals surface area contributed by atoms with Crippen molar-refractivity contribution < 1.29 is 26.7 Å². The number of carbonyl (C=O) groups excluding carboxylic acids is 1. The monoisotopic (exact) mass is 314 g/mol. The standard InChI is InChI=1S/C11H11F5N2OS/c12-6-1-2-7(13)9(5-6)18-10(19)8(17)3-4-20-11(14,15)16/h1-2,5,8H,3-4,17H2,(H,18,19)/t8-/m0/s1. The highest BCUT2D eigenvalue weighted by Gasteiger charge is 2.28. The van der Waals surface area contributed by atoms with Gasteiger partial charge in [0.2, 0.25) is 5.91 Å². The molecule has 0 aliphatic heterocycles. The summed E-state index contributed by atoms with van der Waals surface area (Å²) < 4.78 is 61.7. The van der Waals surface area contributed by atoms with Crippen LogP contribution in [0.4, 0.5) is 27.6 Å². The fourth-order valence-corrected chi connectivity index (χ4v) is 1.85. The van der Waals surface area contributed by atoms with E-state index in [1.807, 2.05) is 5.32 Å². The topological polar surface area (TPSA) is 55.1 Å². The number of hydrogen-bond donors (Lipinski definition) is 2. The third-order valence-electron chi connectivity index (χ3n) is 2.22. The van der Waals surface area contributed by atoms with Crippen LogP contribution >= 0.6 is 11.8 Å². The maximum Gasteiger partial charge on any atom is 0.441 e. The highest BCUT2D eigenvalue weighted by atomic mass is 32.2. The van der Waals surface area contributed by atoms with Gasteiger partial charge in [-0.05, 0) is 18.6 Å². The highest BCUT2D eigenvalue weighted by Crippen LogP contribution is 2.30. The Morgan fingerprint density at radius 3 is 2.60 bits per heavy atom. The summed E-state index contributed by atoms with van der Waals surface area (Å²) >= 11 is -0.303. The van der Waals surface area contributed by atoms with Crippen LogP contribution in [0.3, 0.4) is 0 Å². The molecule has 3 nitrogen and oxygen atoms in total. The Hall–Kier alpha value is -1.35. The van der Waals surface area contributed by atoms with Crippen molar-refractivity contribution in [3.8, 4) is 0 Å². The van der Waals surface area contributed by atoms with Crippen molar-refractivity contribution in [1.29, 1.82) is 0 Å². The molecule has 0 fully saturated rings. The summed E-state index contributed by atoms with van der Waals surface area (Å²) in [6.07, 6.45) is -0.243. The molecule has 3 N–H and O–H groups in total. The number of amides is 1. The SMILES string of the molecule is N[C@@H](CCSC(F)(F)F)C(=O)Nc1cc(F)ccc1F. The van der Waals surface area contributed by atoms with Crippen molar-refractivity contribution in [1.82, 2.24) is 0 Å². The molecule has 0 unspecified atom stereocenters. The number of rotatable bonds is 5. The molecule has 0 bridgehead atoms. The number of nitrogens with one attached hydrogen (secondary N) is 1. The van der Waals surface area contributed by atoms with Crippen molar-refractivity contribution in [2.45, 2.75) is 18.0 Å². The fourth-order valence-electron chi connectivity index (χ4n) is 1.25. The molecule has 0 aliphatic carbocycles. The number of halogens is 5. The Labute approximate surface area is 115 Å². The van der Waals surface area contributed by atoms with Crippen LogP contribution in [0.1, 0.15) is 6.42 Å². The normalized spacial score (nSPS) is 13.1. The van der Waals surface area contributed by atoms with Gasteiger partial charge in [-0.15, -0.1) is 0 Å². The minimum atomic E-state index is -4.40. The number of hydrogen-bond acceptors (Lipinski definition) is 3. The van der Waals surface area contributed by atoms with Crippen LogP contribution in [-0.4, -0.2) is 23.2 Å². The molecule has 1 aromatic carbocycles. The molecule has 112 valence electrons. The summed E-state index contributed by atoms with van der Waals surface area (Å²) in [5, 5.41) is 2.03. The van der Waals surface area contributed by atoms with E-state index in [2.05, 4.69) is 0 Å². The van der Waals surface area contributed by atoms with E-state index in [9.17, 15) is 26.7 Å². The van der Waals surface area contributed by atoms with Crippen molar-refractivity contribution in [2.24, 2.45) is 5.73 Å². The van der Waals surface area contributed by atoms with Crippen molar-refractivity contribution in [2.75, 3.05) is 11.1 Å². The fraction of sp³-hybridized carbons (Fsp3) is 0.364. The minimum absolute atomic E-state index is 0.243. The van der Waals surface area contributed by atoms with E-state index in [-0.39, 0.29) is 18.2 Å². The van der Waals surface area contributed by atoms with Crippen LogP contribution in [0.25, 0.3) is 0 Å². The van der Waals surface area contributed by atoms with Crippen LogP contribution < -0.4 is 11.1 Å². The smallest absolute Gasteiger partial charge is 0.322 e. The Bertz CT molecular complexity index is 480. The first-order chi connectivity index (χ1) is 9.19. The summed E-state index contributed by atoms with van der Waals surface area (Å²) in [7, 11) is 0. The Morgan fingerprint density at radius 1 is 1.35 bits per heavy atom. The third-order valence-corrected chi connectivity index (χ3v) is 2.98. The van der Waals surface area contributed by atoms with Gasteiger partial charge in [-0.2, -0.15) is 13.2 Å². The second-order valence-electron chi connectivity index (χ2n) is 3.80. The number of alkyl halides is 3. The first-order valence-corrected chi connectivity index (χ1v) is 6.40. The van der Waals surface area contributed by atoms with Gasteiger partial charge in [0.25, 0.3) is 0 Å². The molecule has 0 aromatic heterocycles. The largest absolute Gasteiger partial charge is 0.441 e. The van der Waals surface area contributed by atoms with E-state index in [0.717, 1.165) is 18.2 Å². The van der Waals surface area contributed by atoms with Gasteiger partial charge in [0, 0.05) is 11.8 Å². The van der Waals surface area contributed by atoms with Crippen LogP contribution in [0.5, 0.6) is 0 Å². The first-order valence-electron chi connectivity index (χ1n) is 5.41. The van der Waals surface area contributed by atoms with Crippen molar-refractivity contribution >= 4 is 23.4 Å². The number of anilines is 1. The quantitative estimate of drug-likeness (QED) is 0.822.